The Hall–Kier alpha value is -2.42. The maximum Gasteiger partial charge on any atom is 0.265 e. The van der Waals surface area contributed by atoms with Crippen LogP contribution < -0.4 is 5.56 Å². The lowest BCUT2D eigenvalue weighted by Gasteiger charge is -2.17. The average Bonchev–Trinajstić information content (AvgIpc) is 2.48. The van der Waals surface area contributed by atoms with E-state index in [1.54, 1.807) is 4.57 Å². The molecule has 1 heterocycles. The molecule has 0 saturated carbocycles. The summed E-state index contributed by atoms with van der Waals surface area (Å²) in [4.78, 5) is 17.7. The van der Waals surface area contributed by atoms with Gasteiger partial charge in [-0.2, -0.15) is 0 Å². The van der Waals surface area contributed by atoms with Gasteiger partial charge in [0.05, 0.1) is 16.6 Å². The third kappa shape index (κ3) is 2.23. The largest absolute Gasteiger partial charge is 0.268 e. The Bertz CT molecular complexity index is 899. The summed E-state index contributed by atoms with van der Waals surface area (Å²) in [6.45, 7) is 8.21. The molecule has 1 aromatic heterocycles. The molecular formula is C19H20N2O. The van der Waals surface area contributed by atoms with Gasteiger partial charge < -0.3 is 0 Å². The zero-order chi connectivity index (χ0) is 15.9. The van der Waals surface area contributed by atoms with E-state index in [-0.39, 0.29) is 5.56 Å². The fourth-order valence-corrected chi connectivity index (χ4v) is 3.17. The second-order valence-corrected chi connectivity index (χ2v) is 5.79. The minimum Gasteiger partial charge on any atom is -0.268 e. The Morgan fingerprint density at radius 1 is 1.05 bits per heavy atom. The molecule has 22 heavy (non-hydrogen) atoms. The van der Waals surface area contributed by atoms with Gasteiger partial charge in [0, 0.05) is 6.42 Å². The molecule has 0 aliphatic heterocycles. The summed E-state index contributed by atoms with van der Waals surface area (Å²) in [5, 5.41) is 0.666. The highest BCUT2D eigenvalue weighted by atomic mass is 16.1. The van der Waals surface area contributed by atoms with E-state index in [1.165, 1.54) is 5.56 Å². The highest BCUT2D eigenvalue weighted by Crippen LogP contribution is 2.22. The van der Waals surface area contributed by atoms with E-state index in [9.17, 15) is 4.79 Å². The first-order valence-corrected chi connectivity index (χ1v) is 7.61. The van der Waals surface area contributed by atoms with Crippen molar-refractivity contribution in [2.24, 2.45) is 0 Å². The summed E-state index contributed by atoms with van der Waals surface area (Å²) in [5.41, 5.74) is 5.16. The van der Waals surface area contributed by atoms with Crippen molar-refractivity contribution < 1.29 is 0 Å². The predicted octanol–water partition coefficient (Wildman–Crippen LogP) is 3.87. The van der Waals surface area contributed by atoms with Gasteiger partial charge in [-0.15, -0.1) is 0 Å². The molecule has 0 fully saturated rings. The Morgan fingerprint density at radius 2 is 1.68 bits per heavy atom. The normalized spacial score (nSPS) is 11.1. The van der Waals surface area contributed by atoms with Gasteiger partial charge in [0.1, 0.15) is 5.82 Å². The van der Waals surface area contributed by atoms with Crippen LogP contribution in [0.3, 0.4) is 0 Å². The molecule has 0 spiro atoms. The molecule has 3 nitrogen and oxygen atoms in total. The highest BCUT2D eigenvalue weighted by molar-refractivity contribution is 5.78. The molecule has 0 bridgehead atoms. The number of rotatable bonds is 2. The second-order valence-electron chi connectivity index (χ2n) is 5.79. The number of nitrogens with zero attached hydrogens (tertiary/aromatic N) is 2. The zero-order valence-electron chi connectivity index (χ0n) is 13.5. The van der Waals surface area contributed by atoms with Gasteiger partial charge in [0.15, 0.2) is 0 Å². The number of fused-ring (bicyclic) bond motifs is 1. The lowest BCUT2D eigenvalue weighted by molar-refractivity contribution is 0.823. The number of hydrogen-bond acceptors (Lipinski definition) is 2. The van der Waals surface area contributed by atoms with Crippen LogP contribution in [0.1, 0.15) is 29.4 Å². The lowest BCUT2D eigenvalue weighted by atomic mass is 10.1. The van der Waals surface area contributed by atoms with Crippen LogP contribution in [0.25, 0.3) is 16.6 Å². The van der Waals surface area contributed by atoms with Crippen molar-refractivity contribution in [3.05, 3.63) is 69.3 Å². The van der Waals surface area contributed by atoms with Crippen LogP contribution in [-0.4, -0.2) is 9.55 Å². The number of para-hydroxylation sites is 1. The first kappa shape index (κ1) is 14.5. The van der Waals surface area contributed by atoms with Gasteiger partial charge in [0.2, 0.25) is 0 Å². The Labute approximate surface area is 130 Å². The molecule has 0 atom stereocenters. The van der Waals surface area contributed by atoms with Gasteiger partial charge in [-0.25, -0.2) is 4.98 Å². The molecule has 3 aromatic rings. The fraction of sp³-hybridized carbons (Fsp3) is 0.263. The monoisotopic (exact) mass is 293 g/mol. The standard InChI is InChI=1S/C19H20N2O/c1-5-17-20-16-9-7-6-8-15(16)19(22)21(17)18-13(3)10-12(2)11-14(18)4/h6-11H,5H2,1-4H3/i3+1. The van der Waals surface area contributed by atoms with Crippen molar-refractivity contribution in [3.63, 3.8) is 0 Å². The summed E-state index contributed by atoms with van der Waals surface area (Å²) < 4.78 is 1.78. The van der Waals surface area contributed by atoms with Crippen LogP contribution in [0.2, 0.25) is 0 Å². The first-order chi connectivity index (χ1) is 10.5. The minimum atomic E-state index is 0.0116. The van der Waals surface area contributed by atoms with Gasteiger partial charge >= 0.3 is 0 Å². The molecule has 0 radical (unpaired) electrons. The van der Waals surface area contributed by atoms with Crippen molar-refractivity contribution in [2.45, 2.75) is 34.1 Å². The van der Waals surface area contributed by atoms with Crippen LogP contribution in [0, 0.1) is 20.8 Å². The molecule has 3 rings (SSSR count). The zero-order valence-corrected chi connectivity index (χ0v) is 13.5. The van der Waals surface area contributed by atoms with Crippen molar-refractivity contribution in [3.8, 4) is 5.69 Å². The number of benzene rings is 2. The third-order valence-corrected chi connectivity index (χ3v) is 4.02. The lowest BCUT2D eigenvalue weighted by Crippen LogP contribution is -2.25. The van der Waals surface area contributed by atoms with Gasteiger partial charge in [-0.1, -0.05) is 36.8 Å². The van der Waals surface area contributed by atoms with Crippen LogP contribution in [0.5, 0.6) is 0 Å². The van der Waals surface area contributed by atoms with E-state index in [0.29, 0.717) is 11.8 Å². The topological polar surface area (TPSA) is 34.9 Å². The van der Waals surface area contributed by atoms with Crippen molar-refractivity contribution in [1.82, 2.24) is 9.55 Å². The number of aryl methyl sites for hydroxylation is 4. The maximum absolute atomic E-state index is 13.0. The number of aromatic nitrogens is 2. The summed E-state index contributed by atoms with van der Waals surface area (Å²) in [7, 11) is 0. The predicted molar refractivity (Wildman–Crippen MR) is 90.9 cm³/mol. The van der Waals surface area contributed by atoms with Gasteiger partial charge in [-0.3, -0.25) is 9.36 Å². The molecule has 0 unspecified atom stereocenters. The minimum absolute atomic E-state index is 0.0116. The molecular weight excluding hydrogens is 273 g/mol. The average molecular weight is 293 g/mol. The quantitative estimate of drug-likeness (QED) is 0.672. The molecule has 0 aliphatic carbocycles. The van der Waals surface area contributed by atoms with E-state index in [2.05, 4.69) is 32.9 Å². The number of hydrogen-bond donors (Lipinski definition) is 0. The van der Waals surface area contributed by atoms with Crippen LogP contribution in [0.4, 0.5) is 0 Å². The van der Waals surface area contributed by atoms with Gasteiger partial charge in [-0.05, 0) is 44.0 Å². The summed E-state index contributed by atoms with van der Waals surface area (Å²) >= 11 is 0. The molecule has 112 valence electrons. The van der Waals surface area contributed by atoms with E-state index in [4.69, 9.17) is 4.98 Å². The van der Waals surface area contributed by atoms with E-state index in [0.717, 1.165) is 28.2 Å². The van der Waals surface area contributed by atoms with E-state index < -0.39 is 0 Å². The third-order valence-electron chi connectivity index (χ3n) is 4.02. The van der Waals surface area contributed by atoms with Crippen molar-refractivity contribution in [2.75, 3.05) is 0 Å². The molecule has 0 saturated heterocycles. The maximum atomic E-state index is 13.0. The van der Waals surface area contributed by atoms with Crippen LogP contribution in [0.15, 0.2) is 41.2 Å². The summed E-state index contributed by atoms with van der Waals surface area (Å²) in [5.74, 6) is 0.804. The van der Waals surface area contributed by atoms with Gasteiger partial charge in [0.25, 0.3) is 5.56 Å². The summed E-state index contributed by atoms with van der Waals surface area (Å²) in [6, 6.07) is 11.8. The molecule has 0 aliphatic rings. The Balaban J connectivity index is 2.46. The Morgan fingerprint density at radius 3 is 2.32 bits per heavy atom. The van der Waals surface area contributed by atoms with E-state index in [1.807, 2.05) is 31.2 Å². The molecule has 0 amide bonds. The smallest absolute Gasteiger partial charge is 0.265 e. The second kappa shape index (κ2) is 5.41. The highest BCUT2D eigenvalue weighted by Gasteiger charge is 2.15. The van der Waals surface area contributed by atoms with Crippen LogP contribution in [-0.2, 0) is 6.42 Å². The summed E-state index contributed by atoms with van der Waals surface area (Å²) in [6.07, 6.45) is 0.715. The molecule has 2 aromatic carbocycles. The first-order valence-electron chi connectivity index (χ1n) is 7.61. The molecule has 3 heteroatoms. The van der Waals surface area contributed by atoms with Crippen LogP contribution >= 0.6 is 0 Å². The fourth-order valence-electron chi connectivity index (χ4n) is 3.17. The van der Waals surface area contributed by atoms with Crippen molar-refractivity contribution >= 4 is 10.9 Å². The van der Waals surface area contributed by atoms with E-state index >= 15 is 0 Å². The van der Waals surface area contributed by atoms with Crippen molar-refractivity contribution in [1.29, 1.82) is 0 Å². The SMILES string of the molecule is CCc1nc2ccccc2c(=O)n1-c1c(C)cc(C)cc1[13CH3]. The molecule has 0 N–H and O–H groups in total. The Kier molecular flexibility index (Phi) is 3.57.